The highest BCUT2D eigenvalue weighted by molar-refractivity contribution is 6.92. The average Bonchev–Trinajstić information content (AvgIpc) is 2.59. The van der Waals surface area contributed by atoms with Crippen LogP contribution < -0.4 is 5.19 Å². The fourth-order valence-electron chi connectivity index (χ4n) is 4.01. The summed E-state index contributed by atoms with van der Waals surface area (Å²) in [6.45, 7) is 15.6. The molecule has 2 rings (SSSR count). The quantitative estimate of drug-likeness (QED) is 0.528. The molecule has 142 valence electrons. The molecule has 0 N–H and O–H groups in total. The molecule has 26 heavy (non-hydrogen) atoms. The van der Waals surface area contributed by atoms with E-state index in [1.807, 2.05) is 25.1 Å². The molecule has 0 unspecified atom stereocenters. The molecule has 1 aromatic heterocycles. The second-order valence-electron chi connectivity index (χ2n) is 8.74. The third-order valence-electron chi connectivity index (χ3n) is 5.78. The number of rotatable bonds is 6. The normalized spacial score (nSPS) is 12.5. The summed E-state index contributed by atoms with van der Waals surface area (Å²) in [6.07, 6.45) is 3.08. The van der Waals surface area contributed by atoms with Gasteiger partial charge in [-0.3, -0.25) is 4.98 Å². The first-order valence-corrected chi connectivity index (χ1v) is 12.5. The Bertz CT molecular complexity index is 749. The molecule has 0 saturated heterocycles. The van der Waals surface area contributed by atoms with Gasteiger partial charge in [-0.15, -0.1) is 0 Å². The topological polar surface area (TPSA) is 12.9 Å². The molecule has 1 aromatic carbocycles. The second kappa shape index (κ2) is 8.04. The maximum atomic E-state index is 14.7. The number of hydrogen-bond acceptors (Lipinski definition) is 1. The van der Waals surface area contributed by atoms with E-state index in [4.69, 9.17) is 4.98 Å². The summed E-state index contributed by atoms with van der Waals surface area (Å²) in [5.74, 6) is -0.153. The van der Waals surface area contributed by atoms with E-state index in [0.29, 0.717) is 11.1 Å². The molecule has 0 radical (unpaired) electrons. The molecule has 0 atom stereocenters. The zero-order valence-electron chi connectivity index (χ0n) is 17.5. The van der Waals surface area contributed by atoms with Crippen LogP contribution in [0.15, 0.2) is 30.5 Å². The number of pyridine rings is 1. The van der Waals surface area contributed by atoms with Crippen molar-refractivity contribution >= 4 is 13.3 Å². The molecule has 0 aliphatic carbocycles. The van der Waals surface area contributed by atoms with E-state index >= 15 is 0 Å². The lowest BCUT2D eigenvalue weighted by molar-refractivity contribution is 0.412. The van der Waals surface area contributed by atoms with E-state index in [1.165, 1.54) is 28.9 Å². The molecule has 0 aliphatic rings. The highest BCUT2D eigenvalue weighted by atomic mass is 28.3. The van der Waals surface area contributed by atoms with E-state index in [-0.39, 0.29) is 11.2 Å². The van der Waals surface area contributed by atoms with Gasteiger partial charge in [0.2, 0.25) is 0 Å². The Kier molecular flexibility index (Phi) is 6.44. The third-order valence-corrected chi connectivity index (χ3v) is 11.4. The third kappa shape index (κ3) is 4.25. The Morgan fingerprint density at radius 3 is 2.19 bits per heavy atom. The Morgan fingerprint density at radius 2 is 1.65 bits per heavy atom. The van der Waals surface area contributed by atoms with Crippen LogP contribution in [0.5, 0.6) is 0 Å². The monoisotopic (exact) mass is 371 g/mol. The fourth-order valence-corrected chi connectivity index (χ4v) is 7.83. The van der Waals surface area contributed by atoms with E-state index in [2.05, 4.69) is 53.8 Å². The van der Waals surface area contributed by atoms with Gasteiger partial charge in [0.25, 0.3) is 0 Å². The van der Waals surface area contributed by atoms with Gasteiger partial charge in [0.15, 0.2) is 0 Å². The summed E-state index contributed by atoms with van der Waals surface area (Å²) in [5, 5.41) is 1.48. The van der Waals surface area contributed by atoms with Gasteiger partial charge in [0.1, 0.15) is 5.82 Å². The van der Waals surface area contributed by atoms with Gasteiger partial charge in [-0.05, 0) is 47.2 Å². The standard InChI is InChI=1S/C23H34FNSi/c1-8-26(9-2,10-3)21-16-25-20(14-18(21)15-23(5,6)7)19-13-11-12-17(4)22(19)24/h11-14,16H,8-10,15H2,1-7H3. The van der Waals surface area contributed by atoms with Gasteiger partial charge in [-0.2, -0.15) is 0 Å². The first kappa shape index (κ1) is 20.8. The van der Waals surface area contributed by atoms with Crippen molar-refractivity contribution in [1.29, 1.82) is 0 Å². The number of aromatic nitrogens is 1. The van der Waals surface area contributed by atoms with Crippen molar-refractivity contribution in [2.45, 2.75) is 73.0 Å². The van der Waals surface area contributed by atoms with Crippen LogP contribution in [0.2, 0.25) is 18.1 Å². The molecule has 0 fully saturated rings. The largest absolute Gasteiger partial charge is 0.256 e. The van der Waals surface area contributed by atoms with Gasteiger partial charge in [0, 0.05) is 11.8 Å². The van der Waals surface area contributed by atoms with Gasteiger partial charge in [0.05, 0.1) is 13.8 Å². The number of benzene rings is 1. The minimum atomic E-state index is -1.54. The smallest absolute Gasteiger partial charge is 0.135 e. The molecular formula is C23H34FNSi. The molecule has 1 nitrogen and oxygen atoms in total. The lowest BCUT2D eigenvalue weighted by atomic mass is 9.88. The Balaban J connectivity index is 2.67. The Morgan fingerprint density at radius 1 is 1.04 bits per heavy atom. The molecule has 0 saturated carbocycles. The van der Waals surface area contributed by atoms with E-state index < -0.39 is 8.07 Å². The zero-order chi connectivity index (χ0) is 19.5. The lowest BCUT2D eigenvalue weighted by Gasteiger charge is -2.32. The first-order valence-electron chi connectivity index (χ1n) is 9.92. The molecule has 0 spiro atoms. The predicted molar refractivity (Wildman–Crippen MR) is 114 cm³/mol. The lowest BCUT2D eigenvalue weighted by Crippen LogP contribution is -2.48. The number of halogens is 1. The molecule has 0 amide bonds. The highest BCUT2D eigenvalue weighted by Gasteiger charge is 2.33. The van der Waals surface area contributed by atoms with E-state index in [9.17, 15) is 4.39 Å². The van der Waals surface area contributed by atoms with E-state index in [1.54, 1.807) is 0 Å². The SMILES string of the molecule is CC[Si](CC)(CC)c1cnc(-c2cccc(C)c2F)cc1CC(C)(C)C. The minimum Gasteiger partial charge on any atom is -0.256 e. The fraction of sp³-hybridized carbons (Fsp3) is 0.522. The Hall–Kier alpha value is -1.48. The summed E-state index contributed by atoms with van der Waals surface area (Å²) in [6, 6.07) is 11.4. The van der Waals surface area contributed by atoms with Crippen LogP contribution in [0.3, 0.4) is 0 Å². The Labute approximate surface area is 160 Å². The number of hydrogen-bond donors (Lipinski definition) is 0. The van der Waals surface area contributed by atoms with Crippen molar-refractivity contribution in [2.75, 3.05) is 0 Å². The van der Waals surface area contributed by atoms with Crippen molar-refractivity contribution in [2.24, 2.45) is 5.41 Å². The number of aryl methyl sites for hydroxylation is 1. The predicted octanol–water partition coefficient (Wildman–Crippen LogP) is 6.50. The van der Waals surface area contributed by atoms with Crippen LogP contribution in [-0.2, 0) is 6.42 Å². The highest BCUT2D eigenvalue weighted by Crippen LogP contribution is 2.29. The van der Waals surface area contributed by atoms with Crippen LogP contribution in [0.25, 0.3) is 11.3 Å². The van der Waals surface area contributed by atoms with Gasteiger partial charge in [-0.1, -0.05) is 71.8 Å². The van der Waals surface area contributed by atoms with Crippen LogP contribution >= 0.6 is 0 Å². The van der Waals surface area contributed by atoms with Crippen molar-refractivity contribution in [1.82, 2.24) is 4.98 Å². The summed E-state index contributed by atoms with van der Waals surface area (Å²) in [7, 11) is -1.54. The summed E-state index contributed by atoms with van der Waals surface area (Å²) >= 11 is 0. The molecular weight excluding hydrogens is 337 g/mol. The summed E-state index contributed by atoms with van der Waals surface area (Å²) in [4.78, 5) is 4.75. The van der Waals surface area contributed by atoms with Crippen LogP contribution in [0, 0.1) is 18.2 Å². The molecule has 1 heterocycles. The second-order valence-corrected chi connectivity index (χ2v) is 14.0. The first-order chi connectivity index (χ1) is 12.2. The molecule has 3 heteroatoms. The van der Waals surface area contributed by atoms with Crippen molar-refractivity contribution in [3.8, 4) is 11.3 Å². The maximum Gasteiger partial charge on any atom is 0.135 e. The maximum absolute atomic E-state index is 14.7. The minimum absolute atomic E-state index is 0.153. The summed E-state index contributed by atoms with van der Waals surface area (Å²) in [5.41, 5.74) is 3.61. The van der Waals surface area contributed by atoms with Gasteiger partial charge < -0.3 is 0 Å². The molecule has 0 bridgehead atoms. The van der Waals surface area contributed by atoms with Gasteiger partial charge >= 0.3 is 0 Å². The number of nitrogens with zero attached hydrogens (tertiary/aromatic N) is 1. The van der Waals surface area contributed by atoms with Crippen LogP contribution in [0.1, 0.15) is 52.7 Å². The van der Waals surface area contributed by atoms with Crippen LogP contribution in [0.4, 0.5) is 4.39 Å². The van der Waals surface area contributed by atoms with E-state index in [0.717, 1.165) is 12.1 Å². The van der Waals surface area contributed by atoms with Crippen LogP contribution in [-0.4, -0.2) is 13.1 Å². The van der Waals surface area contributed by atoms with Gasteiger partial charge in [-0.25, -0.2) is 4.39 Å². The molecule has 2 aromatic rings. The van der Waals surface area contributed by atoms with Crippen molar-refractivity contribution in [3.05, 3.63) is 47.4 Å². The zero-order valence-corrected chi connectivity index (χ0v) is 18.5. The van der Waals surface area contributed by atoms with Crippen molar-refractivity contribution < 1.29 is 4.39 Å². The molecule has 0 aliphatic heterocycles. The summed E-state index contributed by atoms with van der Waals surface area (Å²) < 4.78 is 14.7. The average molecular weight is 372 g/mol. The van der Waals surface area contributed by atoms with Crippen molar-refractivity contribution in [3.63, 3.8) is 0 Å².